The molecule has 0 radical (unpaired) electrons. The average Bonchev–Trinajstić information content (AvgIpc) is 2.33. The maximum atomic E-state index is 11.1. The van der Waals surface area contributed by atoms with Crippen molar-refractivity contribution in [2.45, 2.75) is 12.8 Å². The maximum absolute atomic E-state index is 11.1. The first-order valence-corrected chi connectivity index (χ1v) is 5.29. The van der Waals surface area contributed by atoms with E-state index in [4.69, 9.17) is 4.74 Å². The largest absolute Gasteiger partial charge is 0.380 e. The van der Waals surface area contributed by atoms with E-state index in [1.54, 1.807) is 0 Å². The Morgan fingerprint density at radius 1 is 0.882 bits per heavy atom. The molecule has 0 rings (SSSR count). The molecule has 7 nitrogen and oxygen atoms in total. The number of hydrogen-bond donors (Lipinski definition) is 2. The predicted octanol–water partition coefficient (Wildman–Crippen LogP) is -0.777. The van der Waals surface area contributed by atoms with Gasteiger partial charge in [-0.1, -0.05) is 0 Å². The summed E-state index contributed by atoms with van der Waals surface area (Å²) in [7, 11) is 2.99. The molecule has 7 heteroatoms. The van der Waals surface area contributed by atoms with Gasteiger partial charge in [0.15, 0.2) is 0 Å². The molecule has 0 bridgehead atoms. The van der Waals surface area contributed by atoms with Gasteiger partial charge in [-0.05, 0) is 0 Å². The Morgan fingerprint density at radius 2 is 1.29 bits per heavy atom. The lowest BCUT2D eigenvalue weighted by Gasteiger charge is -2.06. The van der Waals surface area contributed by atoms with Gasteiger partial charge in [0, 0.05) is 14.2 Å². The van der Waals surface area contributed by atoms with E-state index in [0.29, 0.717) is 0 Å². The molecule has 0 aromatic carbocycles. The van der Waals surface area contributed by atoms with Crippen LogP contribution in [0.15, 0.2) is 0 Å². The van der Waals surface area contributed by atoms with E-state index in [2.05, 4.69) is 20.1 Å². The van der Waals surface area contributed by atoms with Crippen molar-refractivity contribution in [1.82, 2.24) is 10.6 Å². The first kappa shape index (κ1) is 15.8. The number of carbonyl (C=O) groups is 2. The topological polar surface area (TPSA) is 85.9 Å². The van der Waals surface area contributed by atoms with Gasteiger partial charge in [-0.2, -0.15) is 0 Å². The summed E-state index contributed by atoms with van der Waals surface area (Å²) in [4.78, 5) is 22.1. The molecule has 0 fully saturated rings. The van der Waals surface area contributed by atoms with Crippen LogP contribution in [0.2, 0.25) is 0 Å². The normalized spacial score (nSPS) is 10.0. The fourth-order valence-corrected chi connectivity index (χ4v) is 0.914. The quantitative estimate of drug-likeness (QED) is 0.391. The average molecular weight is 248 g/mol. The summed E-state index contributed by atoms with van der Waals surface area (Å²) in [6, 6.07) is 0. The number of methoxy groups -OCH3 is 2. The van der Waals surface area contributed by atoms with Crippen LogP contribution in [-0.4, -0.2) is 52.7 Å². The third-order valence-corrected chi connectivity index (χ3v) is 1.77. The molecular formula is C10H20N2O5. The first-order chi connectivity index (χ1) is 8.20. The number of ether oxygens (including phenoxy) is 3. The van der Waals surface area contributed by atoms with Crippen LogP contribution in [0.5, 0.6) is 0 Å². The van der Waals surface area contributed by atoms with Crippen LogP contribution in [0, 0.1) is 0 Å². The Balaban J connectivity index is 3.28. The molecule has 0 saturated heterocycles. The molecule has 0 spiro atoms. The summed E-state index contributed by atoms with van der Waals surface area (Å²) in [5.74, 6) is -0.286. The molecule has 0 aliphatic heterocycles. The summed E-state index contributed by atoms with van der Waals surface area (Å²) >= 11 is 0. The van der Waals surface area contributed by atoms with Crippen molar-refractivity contribution in [2.75, 3.05) is 40.9 Å². The van der Waals surface area contributed by atoms with Gasteiger partial charge >= 0.3 is 0 Å². The van der Waals surface area contributed by atoms with Gasteiger partial charge < -0.3 is 24.8 Å². The SMILES string of the molecule is COCNC(=O)CCOCCC(=O)NCOC. The summed E-state index contributed by atoms with van der Waals surface area (Å²) in [5, 5.41) is 5.05. The second kappa shape index (κ2) is 11.3. The molecule has 0 aliphatic rings. The van der Waals surface area contributed by atoms with Crippen molar-refractivity contribution < 1.29 is 23.8 Å². The Hall–Kier alpha value is -1.18. The predicted molar refractivity (Wildman–Crippen MR) is 60.1 cm³/mol. The number of rotatable bonds is 10. The fourth-order valence-electron chi connectivity index (χ4n) is 0.914. The standard InChI is InChI=1S/C10H20N2O5/c1-15-7-11-9(13)3-5-17-6-4-10(14)12-8-16-2/h3-8H2,1-2H3,(H,11,13)(H,12,14). The highest BCUT2D eigenvalue weighted by molar-refractivity contribution is 5.76. The van der Waals surface area contributed by atoms with Gasteiger partial charge in [0.2, 0.25) is 11.8 Å². The van der Waals surface area contributed by atoms with Crippen molar-refractivity contribution in [3.05, 3.63) is 0 Å². The Morgan fingerprint density at radius 3 is 1.65 bits per heavy atom. The molecule has 0 saturated carbocycles. The summed E-state index contributed by atoms with van der Waals surface area (Å²) in [5.41, 5.74) is 0. The van der Waals surface area contributed by atoms with E-state index in [0.717, 1.165) is 0 Å². The highest BCUT2D eigenvalue weighted by Crippen LogP contribution is 1.87. The Labute approximate surface area is 101 Å². The molecule has 2 N–H and O–H groups in total. The van der Waals surface area contributed by atoms with E-state index >= 15 is 0 Å². The lowest BCUT2D eigenvalue weighted by atomic mass is 10.4. The van der Waals surface area contributed by atoms with Crippen LogP contribution in [0.4, 0.5) is 0 Å². The van der Waals surface area contributed by atoms with Gasteiger partial charge in [0.1, 0.15) is 13.5 Å². The maximum Gasteiger partial charge on any atom is 0.224 e. The number of nitrogens with one attached hydrogen (secondary N) is 2. The molecule has 0 unspecified atom stereocenters. The molecule has 0 aromatic heterocycles. The molecular weight excluding hydrogens is 228 g/mol. The summed E-state index contributed by atoms with van der Waals surface area (Å²) in [6.07, 6.45) is 0.506. The van der Waals surface area contributed by atoms with E-state index in [1.807, 2.05) is 0 Å². The van der Waals surface area contributed by atoms with E-state index in [1.165, 1.54) is 14.2 Å². The van der Waals surface area contributed by atoms with Gasteiger partial charge in [-0.3, -0.25) is 9.59 Å². The van der Waals surface area contributed by atoms with Crippen LogP contribution >= 0.6 is 0 Å². The molecule has 100 valence electrons. The van der Waals surface area contributed by atoms with Gasteiger partial charge in [0.05, 0.1) is 26.1 Å². The minimum absolute atomic E-state index is 0.143. The number of carbonyl (C=O) groups excluding carboxylic acids is 2. The molecule has 0 aliphatic carbocycles. The molecule has 17 heavy (non-hydrogen) atoms. The monoisotopic (exact) mass is 248 g/mol. The first-order valence-electron chi connectivity index (χ1n) is 5.29. The zero-order valence-electron chi connectivity index (χ0n) is 10.3. The zero-order valence-corrected chi connectivity index (χ0v) is 10.3. The van der Waals surface area contributed by atoms with E-state index in [9.17, 15) is 9.59 Å². The molecule has 2 amide bonds. The van der Waals surface area contributed by atoms with Crippen LogP contribution in [-0.2, 0) is 23.8 Å². The highest BCUT2D eigenvalue weighted by atomic mass is 16.5. The smallest absolute Gasteiger partial charge is 0.224 e. The Bertz CT molecular complexity index is 201. The highest BCUT2D eigenvalue weighted by Gasteiger charge is 2.02. The summed E-state index contributed by atoms with van der Waals surface area (Å²) < 4.78 is 14.5. The molecule has 0 aromatic rings. The van der Waals surface area contributed by atoms with Crippen molar-refractivity contribution in [1.29, 1.82) is 0 Å². The minimum Gasteiger partial charge on any atom is -0.380 e. The van der Waals surface area contributed by atoms with Gasteiger partial charge in [-0.25, -0.2) is 0 Å². The van der Waals surface area contributed by atoms with Crippen LogP contribution in [0.25, 0.3) is 0 Å². The van der Waals surface area contributed by atoms with Crippen molar-refractivity contribution in [3.8, 4) is 0 Å². The third-order valence-electron chi connectivity index (χ3n) is 1.77. The van der Waals surface area contributed by atoms with Crippen LogP contribution < -0.4 is 10.6 Å². The molecule has 0 heterocycles. The number of amides is 2. The van der Waals surface area contributed by atoms with Crippen molar-refractivity contribution >= 4 is 11.8 Å². The van der Waals surface area contributed by atoms with Crippen molar-refractivity contribution in [2.24, 2.45) is 0 Å². The minimum atomic E-state index is -0.143. The van der Waals surface area contributed by atoms with Crippen LogP contribution in [0.3, 0.4) is 0 Å². The van der Waals surface area contributed by atoms with Gasteiger partial charge in [0.25, 0.3) is 0 Å². The van der Waals surface area contributed by atoms with E-state index in [-0.39, 0.29) is 51.3 Å². The second-order valence-corrected chi connectivity index (χ2v) is 3.18. The molecule has 0 atom stereocenters. The van der Waals surface area contributed by atoms with E-state index < -0.39 is 0 Å². The zero-order chi connectivity index (χ0) is 12.9. The number of hydrogen-bond acceptors (Lipinski definition) is 5. The second-order valence-electron chi connectivity index (χ2n) is 3.18. The summed E-state index contributed by atoms with van der Waals surface area (Å²) in [6.45, 7) is 0.955. The lowest BCUT2D eigenvalue weighted by molar-refractivity contribution is -0.124. The van der Waals surface area contributed by atoms with Crippen LogP contribution in [0.1, 0.15) is 12.8 Å². The Kier molecular flexibility index (Phi) is 10.5. The fraction of sp³-hybridized carbons (Fsp3) is 0.800. The lowest BCUT2D eigenvalue weighted by Crippen LogP contribution is -2.27. The van der Waals surface area contributed by atoms with Crippen molar-refractivity contribution in [3.63, 3.8) is 0 Å². The third kappa shape index (κ3) is 11.1. The van der Waals surface area contributed by atoms with Gasteiger partial charge in [-0.15, -0.1) is 0 Å².